The van der Waals surface area contributed by atoms with Gasteiger partial charge in [0.2, 0.25) is 0 Å². The Morgan fingerprint density at radius 3 is 2.71 bits per heavy atom. The number of azo groups is 1. The molecular weight excluding hydrogens is 218 g/mol. The second-order valence-electron chi connectivity index (χ2n) is 4.01. The zero-order valence-corrected chi connectivity index (χ0v) is 8.52. The maximum absolute atomic E-state index is 11.9. The molecule has 0 spiro atoms. The summed E-state index contributed by atoms with van der Waals surface area (Å²) in [6, 6.07) is 7.20. The lowest BCUT2D eigenvalue weighted by molar-refractivity contribution is 0.0845. The maximum Gasteiger partial charge on any atom is 0.261 e. The van der Waals surface area contributed by atoms with Crippen LogP contribution in [0.25, 0.3) is 10.8 Å². The summed E-state index contributed by atoms with van der Waals surface area (Å²) < 4.78 is 0. The van der Waals surface area contributed by atoms with Crippen LogP contribution in [0.15, 0.2) is 34.5 Å². The minimum atomic E-state index is -0.394. The molecule has 0 bridgehead atoms. The molecule has 0 aliphatic carbocycles. The van der Waals surface area contributed by atoms with E-state index >= 15 is 0 Å². The molecule has 2 aliphatic rings. The van der Waals surface area contributed by atoms with Gasteiger partial charge in [0.05, 0.1) is 5.56 Å². The number of hydrogen-bond acceptors (Lipinski definition) is 4. The molecule has 0 radical (unpaired) electrons. The van der Waals surface area contributed by atoms with Crippen molar-refractivity contribution in [3.05, 3.63) is 35.4 Å². The summed E-state index contributed by atoms with van der Waals surface area (Å²) in [7, 11) is 0. The lowest BCUT2D eigenvalue weighted by Gasteiger charge is -2.20. The van der Waals surface area contributed by atoms with Gasteiger partial charge in [-0.3, -0.25) is 14.9 Å². The van der Waals surface area contributed by atoms with E-state index in [0.29, 0.717) is 27.9 Å². The summed E-state index contributed by atoms with van der Waals surface area (Å²) in [6.07, 6.45) is 0. The SMILES string of the molecule is O=C1NC(=O)c2c3c(cc4cccc1c24)N=N3. The Balaban J connectivity index is 2.29. The molecule has 0 aromatic heterocycles. The third-order valence-electron chi connectivity index (χ3n) is 3.07. The van der Waals surface area contributed by atoms with Crippen molar-refractivity contribution in [2.45, 2.75) is 0 Å². The van der Waals surface area contributed by atoms with Crippen LogP contribution in [-0.4, -0.2) is 11.8 Å². The van der Waals surface area contributed by atoms with Gasteiger partial charge in [0.15, 0.2) is 0 Å². The molecule has 2 amide bonds. The number of amides is 2. The Hall–Kier alpha value is -2.56. The highest BCUT2D eigenvalue weighted by Gasteiger charge is 2.31. The third kappa shape index (κ3) is 0.891. The number of nitrogens with zero attached hydrogens (tertiary/aromatic N) is 2. The number of rotatable bonds is 0. The second-order valence-corrected chi connectivity index (χ2v) is 4.01. The molecule has 4 rings (SSSR count). The van der Waals surface area contributed by atoms with E-state index in [1.165, 1.54) is 0 Å². The van der Waals surface area contributed by atoms with E-state index in [-0.39, 0.29) is 5.91 Å². The predicted octanol–water partition coefficient (Wildman–Crippen LogP) is 2.45. The standard InChI is InChI=1S/C12H5N3O2/c16-11-6-3-1-2-5-4-7-10(15-14-7)9(8(5)6)12(17)13-11/h1-4H,(H,13,16,17). The van der Waals surface area contributed by atoms with E-state index in [2.05, 4.69) is 15.5 Å². The number of benzene rings is 2. The van der Waals surface area contributed by atoms with Gasteiger partial charge in [-0.05, 0) is 17.5 Å². The molecule has 0 saturated carbocycles. The molecular formula is C12H5N3O2. The van der Waals surface area contributed by atoms with Crippen molar-refractivity contribution < 1.29 is 9.59 Å². The van der Waals surface area contributed by atoms with Gasteiger partial charge < -0.3 is 0 Å². The first kappa shape index (κ1) is 8.58. The van der Waals surface area contributed by atoms with Crippen molar-refractivity contribution in [2.75, 3.05) is 0 Å². The molecule has 5 heteroatoms. The number of hydrogen-bond donors (Lipinski definition) is 1. The van der Waals surface area contributed by atoms with Crippen molar-refractivity contribution in [1.82, 2.24) is 5.32 Å². The van der Waals surface area contributed by atoms with E-state index in [0.717, 1.165) is 5.39 Å². The van der Waals surface area contributed by atoms with Crippen LogP contribution in [0.2, 0.25) is 0 Å². The zero-order chi connectivity index (χ0) is 11.6. The summed E-state index contributed by atoms with van der Waals surface area (Å²) in [6.45, 7) is 0. The van der Waals surface area contributed by atoms with Gasteiger partial charge >= 0.3 is 0 Å². The Kier molecular flexibility index (Phi) is 1.30. The Labute approximate surface area is 95.2 Å². The molecule has 80 valence electrons. The van der Waals surface area contributed by atoms with Crippen LogP contribution in [0.3, 0.4) is 0 Å². The van der Waals surface area contributed by atoms with E-state index in [4.69, 9.17) is 0 Å². The first-order valence-corrected chi connectivity index (χ1v) is 5.13. The average Bonchev–Trinajstić information content (AvgIpc) is 2.28. The topological polar surface area (TPSA) is 70.9 Å². The van der Waals surface area contributed by atoms with Gasteiger partial charge in [-0.25, -0.2) is 0 Å². The maximum atomic E-state index is 11.9. The lowest BCUT2D eigenvalue weighted by atomic mass is 9.92. The Bertz CT molecular complexity index is 762. The monoisotopic (exact) mass is 223 g/mol. The highest BCUT2D eigenvalue weighted by Crippen LogP contribution is 2.46. The normalized spacial score (nSPS) is 15.5. The van der Waals surface area contributed by atoms with E-state index < -0.39 is 5.91 Å². The molecule has 2 aromatic carbocycles. The molecule has 1 N–H and O–H groups in total. The molecule has 17 heavy (non-hydrogen) atoms. The van der Waals surface area contributed by atoms with Gasteiger partial charge in [0.25, 0.3) is 11.8 Å². The Morgan fingerprint density at radius 1 is 1.06 bits per heavy atom. The van der Waals surface area contributed by atoms with E-state index in [1.807, 2.05) is 12.1 Å². The molecule has 0 unspecified atom stereocenters. The smallest absolute Gasteiger partial charge is 0.261 e. The fourth-order valence-electron chi connectivity index (χ4n) is 2.31. The van der Waals surface area contributed by atoms with Gasteiger partial charge in [-0.2, -0.15) is 0 Å². The van der Waals surface area contributed by atoms with Crippen LogP contribution >= 0.6 is 0 Å². The van der Waals surface area contributed by atoms with Crippen molar-refractivity contribution in [2.24, 2.45) is 10.2 Å². The number of nitrogens with one attached hydrogen (secondary N) is 1. The number of carbonyl (C=O) groups excluding carboxylic acids is 2. The van der Waals surface area contributed by atoms with E-state index in [9.17, 15) is 9.59 Å². The van der Waals surface area contributed by atoms with Crippen LogP contribution in [0.4, 0.5) is 11.4 Å². The highest BCUT2D eigenvalue weighted by molar-refractivity contribution is 6.28. The lowest BCUT2D eigenvalue weighted by Crippen LogP contribution is -2.34. The van der Waals surface area contributed by atoms with Gasteiger partial charge in [0.1, 0.15) is 11.4 Å². The first-order valence-electron chi connectivity index (χ1n) is 5.13. The molecule has 5 nitrogen and oxygen atoms in total. The minimum Gasteiger partial charge on any atom is -0.288 e. The summed E-state index contributed by atoms with van der Waals surface area (Å²) >= 11 is 0. The zero-order valence-electron chi connectivity index (χ0n) is 8.52. The number of carbonyl (C=O) groups is 2. The van der Waals surface area contributed by atoms with Crippen LogP contribution < -0.4 is 5.32 Å². The summed E-state index contributed by atoms with van der Waals surface area (Å²) in [4.78, 5) is 23.6. The first-order chi connectivity index (χ1) is 8.25. The third-order valence-corrected chi connectivity index (χ3v) is 3.07. The molecule has 0 fully saturated rings. The van der Waals surface area contributed by atoms with Crippen molar-refractivity contribution in [3.8, 4) is 0 Å². The average molecular weight is 223 g/mol. The minimum absolute atomic E-state index is 0.357. The van der Waals surface area contributed by atoms with Crippen LogP contribution in [0, 0.1) is 0 Å². The molecule has 2 aromatic rings. The number of fused-ring (bicyclic) bond motifs is 2. The quantitative estimate of drug-likeness (QED) is 0.594. The largest absolute Gasteiger partial charge is 0.288 e. The van der Waals surface area contributed by atoms with Gasteiger partial charge in [-0.1, -0.05) is 12.1 Å². The van der Waals surface area contributed by atoms with E-state index in [1.54, 1.807) is 12.1 Å². The van der Waals surface area contributed by atoms with Gasteiger partial charge in [-0.15, -0.1) is 10.2 Å². The summed E-state index contributed by atoms with van der Waals surface area (Å²) in [5.74, 6) is -0.751. The van der Waals surface area contributed by atoms with Crippen molar-refractivity contribution >= 4 is 34.0 Å². The Morgan fingerprint density at radius 2 is 1.94 bits per heavy atom. The van der Waals surface area contributed by atoms with Crippen molar-refractivity contribution in [1.29, 1.82) is 0 Å². The molecule has 0 saturated heterocycles. The van der Waals surface area contributed by atoms with Crippen LogP contribution in [0.1, 0.15) is 20.7 Å². The molecule has 2 aliphatic heterocycles. The fourth-order valence-corrected chi connectivity index (χ4v) is 2.31. The number of imide groups is 1. The van der Waals surface area contributed by atoms with Crippen molar-refractivity contribution in [3.63, 3.8) is 0 Å². The molecule has 2 heterocycles. The van der Waals surface area contributed by atoms with Gasteiger partial charge in [0, 0.05) is 10.9 Å². The predicted molar refractivity (Wildman–Crippen MR) is 59.9 cm³/mol. The highest BCUT2D eigenvalue weighted by atomic mass is 16.2. The summed E-state index contributed by atoms with van der Waals surface area (Å²) in [5.41, 5.74) is 2.26. The summed E-state index contributed by atoms with van der Waals surface area (Å²) in [5, 5.41) is 11.6. The second kappa shape index (κ2) is 2.57. The molecule has 0 atom stereocenters. The van der Waals surface area contributed by atoms with Crippen LogP contribution in [0.5, 0.6) is 0 Å². The fraction of sp³-hybridized carbons (Fsp3) is 0. The van der Waals surface area contributed by atoms with Crippen LogP contribution in [-0.2, 0) is 0 Å².